The minimum absolute atomic E-state index is 0.0344. The molecular weight excluding hydrogens is 276 g/mol. The van der Waals surface area contributed by atoms with Crippen LogP contribution in [-0.4, -0.2) is 17.6 Å². The third-order valence-corrected chi connectivity index (χ3v) is 3.21. The van der Waals surface area contributed by atoms with Crippen molar-refractivity contribution in [3.05, 3.63) is 59.2 Å². The molecule has 0 fully saturated rings. The lowest BCUT2D eigenvalue weighted by atomic mass is 10.1. The van der Waals surface area contributed by atoms with E-state index in [1.54, 1.807) is 19.9 Å². The summed E-state index contributed by atoms with van der Waals surface area (Å²) in [7, 11) is 0. The van der Waals surface area contributed by atoms with Gasteiger partial charge in [-0.05, 0) is 43.7 Å². The first-order valence-corrected chi connectivity index (χ1v) is 6.50. The Hall–Kier alpha value is -2.43. The fourth-order valence-electron chi connectivity index (χ4n) is 2.10. The number of carbonyl (C=O) groups excluding carboxylic acids is 1. The lowest BCUT2D eigenvalue weighted by Gasteiger charge is -2.23. The lowest BCUT2D eigenvalue weighted by molar-refractivity contribution is 0.0987. The average molecular weight is 291 g/mol. The van der Waals surface area contributed by atoms with Crippen LogP contribution in [-0.2, 0) is 0 Å². The van der Waals surface area contributed by atoms with Crippen LogP contribution in [0.4, 0.5) is 14.5 Å². The van der Waals surface area contributed by atoms with E-state index in [4.69, 9.17) is 0 Å². The van der Waals surface area contributed by atoms with Crippen molar-refractivity contribution in [2.45, 2.75) is 13.8 Å². The number of amides is 1. The van der Waals surface area contributed by atoms with Crippen molar-refractivity contribution in [3.63, 3.8) is 0 Å². The van der Waals surface area contributed by atoms with Crippen LogP contribution in [0.1, 0.15) is 22.8 Å². The first kappa shape index (κ1) is 15.0. The standard InChI is InChI=1S/C16H15F2NO2/c1-3-19(15-9-12(20)6-4-10(15)2)16(21)11-5-7-13(17)14(18)8-11/h4-9,20H,3H2,1-2H3. The maximum Gasteiger partial charge on any atom is 0.258 e. The number of carbonyl (C=O) groups is 1. The summed E-state index contributed by atoms with van der Waals surface area (Å²) >= 11 is 0. The van der Waals surface area contributed by atoms with Gasteiger partial charge in [0.25, 0.3) is 5.91 Å². The van der Waals surface area contributed by atoms with E-state index in [0.29, 0.717) is 12.2 Å². The number of phenolic OH excluding ortho intramolecular Hbond substituents is 1. The van der Waals surface area contributed by atoms with Gasteiger partial charge in [-0.25, -0.2) is 8.78 Å². The van der Waals surface area contributed by atoms with Crippen molar-refractivity contribution >= 4 is 11.6 Å². The Labute approximate surface area is 121 Å². The molecule has 0 radical (unpaired) electrons. The zero-order valence-corrected chi connectivity index (χ0v) is 11.7. The molecule has 1 amide bonds. The Morgan fingerprint density at radius 2 is 1.86 bits per heavy atom. The van der Waals surface area contributed by atoms with Crippen molar-refractivity contribution < 1.29 is 18.7 Å². The molecule has 0 aromatic heterocycles. The number of rotatable bonds is 3. The molecule has 110 valence electrons. The Morgan fingerprint density at radius 3 is 2.48 bits per heavy atom. The summed E-state index contributed by atoms with van der Waals surface area (Å²) in [6.45, 7) is 3.90. The van der Waals surface area contributed by atoms with Crippen LogP contribution < -0.4 is 4.90 Å². The summed E-state index contributed by atoms with van der Waals surface area (Å²) < 4.78 is 26.2. The normalized spacial score (nSPS) is 10.5. The van der Waals surface area contributed by atoms with Crippen molar-refractivity contribution in [3.8, 4) is 5.75 Å². The van der Waals surface area contributed by atoms with Gasteiger partial charge in [-0.2, -0.15) is 0 Å². The van der Waals surface area contributed by atoms with E-state index < -0.39 is 17.5 Å². The smallest absolute Gasteiger partial charge is 0.258 e. The number of halogens is 2. The van der Waals surface area contributed by atoms with Gasteiger partial charge in [0.2, 0.25) is 0 Å². The number of nitrogens with zero attached hydrogens (tertiary/aromatic N) is 1. The van der Waals surface area contributed by atoms with E-state index in [1.165, 1.54) is 23.1 Å². The molecule has 0 aliphatic carbocycles. The largest absolute Gasteiger partial charge is 0.508 e. The number of anilines is 1. The van der Waals surface area contributed by atoms with E-state index >= 15 is 0 Å². The molecular formula is C16H15F2NO2. The number of aromatic hydroxyl groups is 1. The third kappa shape index (κ3) is 3.02. The summed E-state index contributed by atoms with van der Waals surface area (Å²) in [5.41, 5.74) is 1.39. The second-order valence-electron chi connectivity index (χ2n) is 4.65. The molecule has 0 aliphatic rings. The quantitative estimate of drug-likeness (QED) is 0.937. The number of hydrogen-bond donors (Lipinski definition) is 1. The fraction of sp³-hybridized carbons (Fsp3) is 0.188. The highest BCUT2D eigenvalue weighted by molar-refractivity contribution is 6.06. The van der Waals surface area contributed by atoms with E-state index in [9.17, 15) is 18.7 Å². The first-order valence-electron chi connectivity index (χ1n) is 6.50. The van der Waals surface area contributed by atoms with E-state index in [-0.39, 0.29) is 11.3 Å². The topological polar surface area (TPSA) is 40.5 Å². The zero-order valence-electron chi connectivity index (χ0n) is 11.7. The van der Waals surface area contributed by atoms with Crippen LogP contribution in [0.25, 0.3) is 0 Å². The summed E-state index contributed by atoms with van der Waals surface area (Å²) in [5.74, 6) is -2.48. The van der Waals surface area contributed by atoms with Crippen molar-refractivity contribution in [2.75, 3.05) is 11.4 Å². The Morgan fingerprint density at radius 1 is 1.14 bits per heavy atom. The second kappa shape index (κ2) is 5.91. The molecule has 2 rings (SSSR count). The van der Waals surface area contributed by atoms with E-state index in [2.05, 4.69) is 0 Å². The minimum atomic E-state index is -1.07. The molecule has 2 aromatic carbocycles. The third-order valence-electron chi connectivity index (χ3n) is 3.21. The number of phenols is 1. The molecule has 2 aromatic rings. The molecule has 5 heteroatoms. The van der Waals surface area contributed by atoms with Gasteiger partial charge in [-0.15, -0.1) is 0 Å². The van der Waals surface area contributed by atoms with Crippen molar-refractivity contribution in [1.82, 2.24) is 0 Å². The molecule has 0 heterocycles. The Bertz CT molecular complexity index is 686. The van der Waals surface area contributed by atoms with E-state index in [0.717, 1.165) is 17.7 Å². The van der Waals surface area contributed by atoms with Crippen LogP contribution >= 0.6 is 0 Å². The predicted molar refractivity (Wildman–Crippen MR) is 76.6 cm³/mol. The fourth-order valence-corrected chi connectivity index (χ4v) is 2.10. The lowest BCUT2D eigenvalue weighted by Crippen LogP contribution is -2.31. The summed E-state index contributed by atoms with van der Waals surface area (Å²) in [5, 5.41) is 9.57. The summed E-state index contributed by atoms with van der Waals surface area (Å²) in [4.78, 5) is 13.9. The minimum Gasteiger partial charge on any atom is -0.508 e. The van der Waals surface area contributed by atoms with Crippen LogP contribution in [0.3, 0.4) is 0 Å². The molecule has 3 nitrogen and oxygen atoms in total. The van der Waals surface area contributed by atoms with Gasteiger partial charge in [0.1, 0.15) is 5.75 Å². The molecule has 0 saturated carbocycles. The van der Waals surface area contributed by atoms with Crippen molar-refractivity contribution in [2.24, 2.45) is 0 Å². The molecule has 1 N–H and O–H groups in total. The monoisotopic (exact) mass is 291 g/mol. The molecule has 0 saturated heterocycles. The van der Waals surface area contributed by atoms with Gasteiger partial charge in [-0.3, -0.25) is 4.79 Å². The average Bonchev–Trinajstić information content (AvgIpc) is 2.46. The van der Waals surface area contributed by atoms with Gasteiger partial charge in [0.05, 0.1) is 5.69 Å². The van der Waals surface area contributed by atoms with Gasteiger partial charge in [0, 0.05) is 18.2 Å². The van der Waals surface area contributed by atoms with Crippen molar-refractivity contribution in [1.29, 1.82) is 0 Å². The summed E-state index contributed by atoms with van der Waals surface area (Å²) in [6, 6.07) is 7.71. The molecule has 0 spiro atoms. The van der Waals surface area contributed by atoms with Gasteiger partial charge in [-0.1, -0.05) is 6.07 Å². The number of benzene rings is 2. The van der Waals surface area contributed by atoms with Gasteiger partial charge in [0.15, 0.2) is 11.6 Å². The zero-order chi connectivity index (χ0) is 15.6. The maximum atomic E-state index is 13.3. The molecule has 0 aliphatic heterocycles. The second-order valence-corrected chi connectivity index (χ2v) is 4.65. The summed E-state index contributed by atoms with van der Waals surface area (Å²) in [6.07, 6.45) is 0. The van der Waals surface area contributed by atoms with Crippen LogP contribution in [0, 0.1) is 18.6 Å². The molecule has 0 unspecified atom stereocenters. The number of aryl methyl sites for hydroxylation is 1. The Kier molecular flexibility index (Phi) is 4.21. The Balaban J connectivity index is 2.43. The van der Waals surface area contributed by atoms with Gasteiger partial charge < -0.3 is 10.0 Å². The highest BCUT2D eigenvalue weighted by Gasteiger charge is 2.19. The van der Waals surface area contributed by atoms with Gasteiger partial charge >= 0.3 is 0 Å². The SMILES string of the molecule is CCN(C(=O)c1ccc(F)c(F)c1)c1cc(O)ccc1C. The number of hydrogen-bond acceptors (Lipinski definition) is 2. The first-order chi connectivity index (χ1) is 9.93. The highest BCUT2D eigenvalue weighted by Crippen LogP contribution is 2.26. The van der Waals surface area contributed by atoms with Crippen LogP contribution in [0.15, 0.2) is 36.4 Å². The molecule has 0 atom stereocenters. The molecule has 21 heavy (non-hydrogen) atoms. The van der Waals surface area contributed by atoms with Crippen LogP contribution in [0.5, 0.6) is 5.75 Å². The van der Waals surface area contributed by atoms with E-state index in [1.807, 2.05) is 0 Å². The highest BCUT2D eigenvalue weighted by atomic mass is 19.2. The molecule has 0 bridgehead atoms. The van der Waals surface area contributed by atoms with Crippen LogP contribution in [0.2, 0.25) is 0 Å². The maximum absolute atomic E-state index is 13.3. The predicted octanol–water partition coefficient (Wildman–Crippen LogP) is 3.65.